The van der Waals surface area contributed by atoms with Crippen LogP contribution in [0.1, 0.15) is 5.56 Å². The van der Waals surface area contributed by atoms with Gasteiger partial charge < -0.3 is 14.8 Å². The van der Waals surface area contributed by atoms with Crippen LogP contribution in [0, 0.1) is 10.1 Å². The van der Waals surface area contributed by atoms with E-state index in [0.717, 1.165) is 12.1 Å². The van der Waals surface area contributed by atoms with Gasteiger partial charge in [-0.25, -0.2) is 0 Å². The Labute approximate surface area is 105 Å². The molecule has 1 fully saturated rings. The number of non-ortho nitro benzene ring substituents is 1. The molecule has 1 aromatic carbocycles. The molecule has 1 N–H and O–H groups in total. The van der Waals surface area contributed by atoms with Crippen molar-refractivity contribution in [3.05, 3.63) is 39.9 Å². The van der Waals surface area contributed by atoms with E-state index < -0.39 is 4.92 Å². The van der Waals surface area contributed by atoms with Crippen LogP contribution in [0.25, 0.3) is 0 Å². The fourth-order valence-corrected chi connectivity index (χ4v) is 1.77. The summed E-state index contributed by atoms with van der Waals surface area (Å²) in [6.07, 6.45) is 0.0943. The number of benzene rings is 1. The molecule has 18 heavy (non-hydrogen) atoms. The Morgan fingerprint density at radius 2 is 2.11 bits per heavy atom. The Bertz CT molecular complexity index is 388. The number of nitro benzene ring substituents is 1. The van der Waals surface area contributed by atoms with Gasteiger partial charge in [0, 0.05) is 25.2 Å². The molecular formula is C12H16N2O4. The van der Waals surface area contributed by atoms with E-state index >= 15 is 0 Å². The Hall–Kier alpha value is -1.50. The van der Waals surface area contributed by atoms with Gasteiger partial charge in [0.15, 0.2) is 0 Å². The normalized spacial score (nSPS) is 19.7. The lowest BCUT2D eigenvalue weighted by Crippen LogP contribution is -2.37. The van der Waals surface area contributed by atoms with Gasteiger partial charge in [-0.05, 0) is 5.56 Å². The highest BCUT2D eigenvalue weighted by Gasteiger charge is 2.13. The van der Waals surface area contributed by atoms with E-state index in [1.54, 1.807) is 12.1 Å². The molecule has 0 aromatic heterocycles. The van der Waals surface area contributed by atoms with E-state index in [9.17, 15) is 10.1 Å². The van der Waals surface area contributed by atoms with E-state index in [0.29, 0.717) is 26.4 Å². The van der Waals surface area contributed by atoms with E-state index in [1.807, 2.05) is 0 Å². The van der Waals surface area contributed by atoms with Crippen LogP contribution in [0.3, 0.4) is 0 Å². The molecule has 98 valence electrons. The van der Waals surface area contributed by atoms with E-state index in [1.165, 1.54) is 12.1 Å². The van der Waals surface area contributed by atoms with Crippen molar-refractivity contribution >= 4 is 5.69 Å². The fourth-order valence-electron chi connectivity index (χ4n) is 1.77. The third-order valence-corrected chi connectivity index (χ3v) is 2.73. The lowest BCUT2D eigenvalue weighted by atomic mass is 10.2. The van der Waals surface area contributed by atoms with E-state index in [2.05, 4.69) is 5.32 Å². The highest BCUT2D eigenvalue weighted by molar-refractivity contribution is 5.32. The van der Waals surface area contributed by atoms with Crippen molar-refractivity contribution in [3.63, 3.8) is 0 Å². The zero-order valence-electron chi connectivity index (χ0n) is 10.0. The Morgan fingerprint density at radius 1 is 1.33 bits per heavy atom. The topological polar surface area (TPSA) is 73.6 Å². The maximum absolute atomic E-state index is 10.5. The summed E-state index contributed by atoms with van der Waals surface area (Å²) in [5, 5.41) is 13.7. The summed E-state index contributed by atoms with van der Waals surface area (Å²) < 4.78 is 10.8. The molecule has 1 atom stereocenters. The number of rotatable bonds is 5. The standard InChI is InChI=1S/C12H16N2O4/c15-14(16)11-3-1-10(2-4-11)7-13-8-12-9-17-5-6-18-12/h1-4,12-13H,5-9H2. The highest BCUT2D eigenvalue weighted by atomic mass is 16.6. The van der Waals surface area contributed by atoms with Crippen molar-refractivity contribution in [1.29, 1.82) is 0 Å². The zero-order chi connectivity index (χ0) is 12.8. The molecule has 0 amide bonds. The van der Waals surface area contributed by atoms with E-state index in [-0.39, 0.29) is 11.8 Å². The lowest BCUT2D eigenvalue weighted by molar-refractivity contribution is -0.384. The monoisotopic (exact) mass is 252 g/mol. The number of nitrogens with one attached hydrogen (secondary N) is 1. The average Bonchev–Trinajstić information content (AvgIpc) is 2.40. The number of nitro groups is 1. The molecule has 1 saturated heterocycles. The average molecular weight is 252 g/mol. The second-order valence-corrected chi connectivity index (χ2v) is 4.12. The smallest absolute Gasteiger partial charge is 0.269 e. The van der Waals surface area contributed by atoms with Crippen molar-refractivity contribution in [2.24, 2.45) is 0 Å². The molecule has 0 aliphatic carbocycles. The van der Waals surface area contributed by atoms with Gasteiger partial charge in [0.2, 0.25) is 0 Å². The molecule has 6 nitrogen and oxygen atoms in total. The van der Waals surface area contributed by atoms with Gasteiger partial charge >= 0.3 is 0 Å². The molecule has 1 aliphatic rings. The van der Waals surface area contributed by atoms with Crippen LogP contribution in [0.5, 0.6) is 0 Å². The largest absolute Gasteiger partial charge is 0.376 e. The molecule has 0 spiro atoms. The molecule has 0 saturated carbocycles. The minimum absolute atomic E-state index is 0.0943. The lowest BCUT2D eigenvalue weighted by Gasteiger charge is -2.23. The van der Waals surface area contributed by atoms with Crippen molar-refractivity contribution < 1.29 is 14.4 Å². The van der Waals surface area contributed by atoms with Gasteiger partial charge in [0.05, 0.1) is 30.8 Å². The van der Waals surface area contributed by atoms with Gasteiger partial charge in [-0.3, -0.25) is 10.1 Å². The molecule has 6 heteroatoms. The summed E-state index contributed by atoms with van der Waals surface area (Å²) in [4.78, 5) is 10.1. The summed E-state index contributed by atoms with van der Waals surface area (Å²) >= 11 is 0. The maximum atomic E-state index is 10.5. The van der Waals surface area contributed by atoms with Crippen molar-refractivity contribution in [1.82, 2.24) is 5.32 Å². The Kier molecular flexibility index (Phi) is 4.63. The molecule has 0 bridgehead atoms. The minimum Gasteiger partial charge on any atom is -0.376 e. The minimum atomic E-state index is -0.398. The Balaban J connectivity index is 1.74. The Morgan fingerprint density at radius 3 is 2.72 bits per heavy atom. The van der Waals surface area contributed by atoms with Crippen LogP contribution < -0.4 is 5.32 Å². The molecule has 0 radical (unpaired) electrons. The summed E-state index contributed by atoms with van der Waals surface area (Å²) in [5.41, 5.74) is 1.13. The van der Waals surface area contributed by atoms with Crippen LogP contribution in [-0.4, -0.2) is 37.4 Å². The van der Waals surface area contributed by atoms with Crippen molar-refractivity contribution in [2.75, 3.05) is 26.4 Å². The zero-order valence-corrected chi connectivity index (χ0v) is 10.0. The summed E-state index contributed by atoms with van der Waals surface area (Å²) in [5.74, 6) is 0. The first-order valence-electron chi connectivity index (χ1n) is 5.89. The summed E-state index contributed by atoms with van der Waals surface area (Å²) in [6, 6.07) is 6.53. The predicted octanol–water partition coefficient (Wildman–Crippen LogP) is 1.10. The first kappa shape index (κ1) is 12.9. The maximum Gasteiger partial charge on any atom is 0.269 e. The first-order valence-corrected chi connectivity index (χ1v) is 5.89. The van der Waals surface area contributed by atoms with Crippen LogP contribution >= 0.6 is 0 Å². The predicted molar refractivity (Wildman–Crippen MR) is 65.4 cm³/mol. The number of hydrogen-bond donors (Lipinski definition) is 1. The van der Waals surface area contributed by atoms with Gasteiger partial charge in [-0.1, -0.05) is 12.1 Å². The van der Waals surface area contributed by atoms with Crippen LogP contribution in [0.15, 0.2) is 24.3 Å². The second-order valence-electron chi connectivity index (χ2n) is 4.12. The van der Waals surface area contributed by atoms with Gasteiger partial charge in [0.25, 0.3) is 5.69 Å². The molecule has 1 aromatic rings. The van der Waals surface area contributed by atoms with Gasteiger partial charge in [0.1, 0.15) is 0 Å². The van der Waals surface area contributed by atoms with Crippen molar-refractivity contribution in [2.45, 2.75) is 12.6 Å². The molecular weight excluding hydrogens is 236 g/mol. The van der Waals surface area contributed by atoms with E-state index in [4.69, 9.17) is 9.47 Å². The third kappa shape index (κ3) is 3.76. The second kappa shape index (κ2) is 6.44. The third-order valence-electron chi connectivity index (χ3n) is 2.73. The summed E-state index contributed by atoms with van der Waals surface area (Å²) in [6.45, 7) is 3.31. The summed E-state index contributed by atoms with van der Waals surface area (Å²) in [7, 11) is 0. The molecule has 2 rings (SSSR count). The van der Waals surface area contributed by atoms with Crippen LogP contribution in [0.4, 0.5) is 5.69 Å². The first-order chi connectivity index (χ1) is 8.75. The molecule has 1 heterocycles. The van der Waals surface area contributed by atoms with Crippen LogP contribution in [0.2, 0.25) is 0 Å². The van der Waals surface area contributed by atoms with Crippen molar-refractivity contribution in [3.8, 4) is 0 Å². The van der Waals surface area contributed by atoms with Gasteiger partial charge in [-0.2, -0.15) is 0 Å². The highest BCUT2D eigenvalue weighted by Crippen LogP contribution is 2.11. The fraction of sp³-hybridized carbons (Fsp3) is 0.500. The van der Waals surface area contributed by atoms with Crippen LogP contribution in [-0.2, 0) is 16.0 Å². The van der Waals surface area contributed by atoms with Gasteiger partial charge in [-0.15, -0.1) is 0 Å². The SMILES string of the molecule is O=[N+]([O-])c1ccc(CNCC2COCCO2)cc1. The quantitative estimate of drug-likeness (QED) is 0.627. The number of ether oxygens (including phenoxy) is 2. The number of nitrogens with zero attached hydrogens (tertiary/aromatic N) is 1. The molecule has 1 aliphatic heterocycles. The number of hydrogen-bond acceptors (Lipinski definition) is 5. The molecule has 1 unspecified atom stereocenters.